The monoisotopic (exact) mass is 383 g/mol. The number of carbonyl (C=O) groups excluding carboxylic acids is 2. The lowest BCUT2D eigenvalue weighted by molar-refractivity contribution is -0.119. The molecule has 6 heteroatoms. The Kier molecular flexibility index (Phi) is 6.29. The summed E-state index contributed by atoms with van der Waals surface area (Å²) in [7, 11) is 0. The van der Waals surface area contributed by atoms with Gasteiger partial charge in [-0.1, -0.05) is 18.2 Å². The molecule has 148 valence electrons. The second kappa shape index (κ2) is 8.87. The predicted molar refractivity (Wildman–Crippen MR) is 109 cm³/mol. The van der Waals surface area contributed by atoms with Crippen LogP contribution in [-0.4, -0.2) is 31.1 Å². The molecule has 2 aromatic carbocycles. The summed E-state index contributed by atoms with van der Waals surface area (Å²) in [5.41, 5.74) is 2.66. The van der Waals surface area contributed by atoms with Gasteiger partial charge in [0, 0.05) is 24.5 Å². The van der Waals surface area contributed by atoms with Crippen molar-refractivity contribution in [2.75, 3.05) is 22.9 Å². The molecule has 0 spiro atoms. The van der Waals surface area contributed by atoms with Gasteiger partial charge in [0.2, 0.25) is 5.91 Å². The van der Waals surface area contributed by atoms with Crippen molar-refractivity contribution >= 4 is 23.3 Å². The van der Waals surface area contributed by atoms with Gasteiger partial charge < -0.3 is 10.2 Å². The summed E-state index contributed by atoms with van der Waals surface area (Å²) in [4.78, 5) is 29.1. The second-order valence-corrected chi connectivity index (χ2v) is 6.97. The van der Waals surface area contributed by atoms with Crippen LogP contribution in [0.1, 0.15) is 32.3 Å². The number of hydrogen-bond acceptors (Lipinski definition) is 2. The van der Waals surface area contributed by atoms with E-state index in [9.17, 15) is 14.0 Å². The minimum atomic E-state index is -0.701. The average Bonchev–Trinajstić information content (AvgIpc) is 2.92. The number of halogens is 1. The molecule has 0 aromatic heterocycles. The van der Waals surface area contributed by atoms with Crippen molar-refractivity contribution < 1.29 is 14.0 Å². The quantitative estimate of drug-likeness (QED) is 0.863. The van der Waals surface area contributed by atoms with Gasteiger partial charge in [-0.05, 0) is 69.0 Å². The summed E-state index contributed by atoms with van der Waals surface area (Å²) in [6.45, 7) is 4.58. The van der Waals surface area contributed by atoms with Gasteiger partial charge in [0.25, 0.3) is 0 Å². The van der Waals surface area contributed by atoms with E-state index in [4.69, 9.17) is 0 Å². The molecule has 1 aliphatic heterocycles. The highest BCUT2D eigenvalue weighted by atomic mass is 19.1. The van der Waals surface area contributed by atoms with Gasteiger partial charge in [-0.3, -0.25) is 9.69 Å². The number of aryl methyl sites for hydroxylation is 1. The third-order valence-corrected chi connectivity index (χ3v) is 5.04. The number of amides is 3. The van der Waals surface area contributed by atoms with Crippen molar-refractivity contribution in [2.45, 2.75) is 39.2 Å². The van der Waals surface area contributed by atoms with Crippen LogP contribution < -0.4 is 15.1 Å². The van der Waals surface area contributed by atoms with Crippen molar-refractivity contribution in [3.63, 3.8) is 0 Å². The number of nitrogens with one attached hydrogen (secondary N) is 1. The molecular weight excluding hydrogens is 357 g/mol. The van der Waals surface area contributed by atoms with E-state index in [0.29, 0.717) is 18.8 Å². The summed E-state index contributed by atoms with van der Waals surface area (Å²) in [6, 6.07) is 12.7. The van der Waals surface area contributed by atoms with E-state index in [0.717, 1.165) is 30.5 Å². The molecule has 0 bridgehead atoms. The van der Waals surface area contributed by atoms with Crippen LogP contribution in [-0.2, 0) is 11.2 Å². The van der Waals surface area contributed by atoms with Crippen LogP contribution in [0.5, 0.6) is 0 Å². The van der Waals surface area contributed by atoms with E-state index in [2.05, 4.69) is 5.32 Å². The lowest BCUT2D eigenvalue weighted by Gasteiger charge is -2.28. The third-order valence-electron chi connectivity index (χ3n) is 5.04. The number of fused-ring (bicyclic) bond motifs is 1. The van der Waals surface area contributed by atoms with Gasteiger partial charge in [0.05, 0.1) is 0 Å². The fraction of sp³-hybridized carbons (Fsp3) is 0.364. The zero-order chi connectivity index (χ0) is 20.1. The van der Waals surface area contributed by atoms with Gasteiger partial charge in [-0.15, -0.1) is 0 Å². The number of likely N-dealkylation sites (N-methyl/N-ethyl adjacent to an activating group) is 1. The molecule has 1 heterocycles. The average molecular weight is 383 g/mol. The van der Waals surface area contributed by atoms with Crippen molar-refractivity contribution in [2.24, 2.45) is 0 Å². The Balaban J connectivity index is 1.72. The molecule has 0 unspecified atom stereocenters. The highest BCUT2D eigenvalue weighted by Crippen LogP contribution is 2.26. The summed E-state index contributed by atoms with van der Waals surface area (Å²) >= 11 is 0. The minimum absolute atomic E-state index is 0.231. The predicted octanol–water partition coefficient (Wildman–Crippen LogP) is 4.12. The summed E-state index contributed by atoms with van der Waals surface area (Å²) in [6.07, 6.45) is 2.90. The van der Waals surface area contributed by atoms with Crippen LogP contribution in [0.15, 0.2) is 48.5 Å². The molecule has 0 fully saturated rings. The maximum atomic E-state index is 13.2. The first-order valence-electron chi connectivity index (χ1n) is 9.74. The second-order valence-electron chi connectivity index (χ2n) is 6.97. The van der Waals surface area contributed by atoms with E-state index >= 15 is 0 Å². The van der Waals surface area contributed by atoms with Gasteiger partial charge in [0.15, 0.2) is 0 Å². The number of para-hydroxylation sites is 1. The topological polar surface area (TPSA) is 52.7 Å². The number of hydrogen-bond donors (Lipinski definition) is 1. The van der Waals surface area contributed by atoms with E-state index in [1.54, 1.807) is 28.9 Å². The van der Waals surface area contributed by atoms with Crippen LogP contribution in [0, 0.1) is 5.82 Å². The maximum absolute atomic E-state index is 13.2. The zero-order valence-corrected chi connectivity index (χ0v) is 16.3. The van der Waals surface area contributed by atoms with Crippen molar-refractivity contribution in [1.29, 1.82) is 0 Å². The molecule has 0 radical (unpaired) electrons. The van der Waals surface area contributed by atoms with Crippen LogP contribution in [0.25, 0.3) is 0 Å². The van der Waals surface area contributed by atoms with Gasteiger partial charge in [-0.2, -0.15) is 0 Å². The molecule has 5 nitrogen and oxygen atoms in total. The molecule has 0 saturated heterocycles. The van der Waals surface area contributed by atoms with Crippen molar-refractivity contribution in [3.8, 4) is 0 Å². The van der Waals surface area contributed by atoms with E-state index in [-0.39, 0.29) is 17.8 Å². The molecule has 1 atom stereocenters. The van der Waals surface area contributed by atoms with Crippen molar-refractivity contribution in [3.05, 3.63) is 59.9 Å². The first-order valence-corrected chi connectivity index (χ1v) is 9.74. The van der Waals surface area contributed by atoms with Gasteiger partial charge >= 0.3 is 6.03 Å². The highest BCUT2D eigenvalue weighted by molar-refractivity contribution is 6.01. The van der Waals surface area contributed by atoms with Gasteiger partial charge in [0.1, 0.15) is 11.9 Å². The number of carbonyl (C=O) groups is 2. The standard InChI is InChI=1S/C22H26FN3O2/c1-3-25(19-13-11-18(23)12-14-19)21(27)16(2)24-22(28)26-15-7-6-9-17-8-4-5-10-20(17)26/h4-5,8,10-14,16H,3,6-7,9,15H2,1-2H3,(H,24,28)/t16-/m0/s1. The Hall–Kier alpha value is -2.89. The Morgan fingerprint density at radius 2 is 1.86 bits per heavy atom. The number of urea groups is 1. The first-order chi connectivity index (χ1) is 13.5. The molecule has 0 aliphatic carbocycles. The highest BCUT2D eigenvalue weighted by Gasteiger charge is 2.26. The fourth-order valence-corrected chi connectivity index (χ4v) is 3.55. The normalized spacial score (nSPS) is 14.6. The number of anilines is 2. The molecular formula is C22H26FN3O2. The Labute approximate surface area is 165 Å². The lowest BCUT2D eigenvalue weighted by atomic mass is 10.1. The number of nitrogens with zero attached hydrogens (tertiary/aromatic N) is 2. The number of benzene rings is 2. The smallest absolute Gasteiger partial charge is 0.322 e. The van der Waals surface area contributed by atoms with Crippen LogP contribution in [0.2, 0.25) is 0 Å². The minimum Gasteiger partial charge on any atom is -0.326 e. The number of rotatable bonds is 4. The molecule has 0 saturated carbocycles. The largest absolute Gasteiger partial charge is 0.326 e. The summed E-state index contributed by atoms with van der Waals surface area (Å²) in [5, 5.41) is 2.84. The third kappa shape index (κ3) is 4.32. The molecule has 28 heavy (non-hydrogen) atoms. The van der Waals surface area contributed by atoms with Gasteiger partial charge in [-0.25, -0.2) is 9.18 Å². The molecule has 1 N–H and O–H groups in total. The molecule has 3 amide bonds. The Morgan fingerprint density at radius 1 is 1.14 bits per heavy atom. The summed E-state index contributed by atoms with van der Waals surface area (Å²) < 4.78 is 13.2. The molecule has 2 aromatic rings. The lowest BCUT2D eigenvalue weighted by Crippen LogP contribution is -2.51. The van der Waals surface area contributed by atoms with E-state index in [1.807, 2.05) is 31.2 Å². The zero-order valence-electron chi connectivity index (χ0n) is 16.3. The first kappa shape index (κ1) is 19.9. The maximum Gasteiger partial charge on any atom is 0.322 e. The molecule has 3 rings (SSSR count). The fourth-order valence-electron chi connectivity index (χ4n) is 3.55. The van der Waals surface area contributed by atoms with E-state index in [1.165, 1.54) is 12.1 Å². The summed E-state index contributed by atoms with van der Waals surface area (Å²) in [5.74, 6) is -0.584. The van der Waals surface area contributed by atoms with Crippen LogP contribution in [0.4, 0.5) is 20.6 Å². The van der Waals surface area contributed by atoms with E-state index < -0.39 is 6.04 Å². The SMILES string of the molecule is CCN(C(=O)[C@H](C)NC(=O)N1CCCCc2ccccc21)c1ccc(F)cc1. The Morgan fingerprint density at radius 3 is 2.57 bits per heavy atom. The van der Waals surface area contributed by atoms with Crippen LogP contribution in [0.3, 0.4) is 0 Å². The van der Waals surface area contributed by atoms with Crippen LogP contribution >= 0.6 is 0 Å². The Bertz CT molecular complexity index is 838. The van der Waals surface area contributed by atoms with Crippen molar-refractivity contribution in [1.82, 2.24) is 5.32 Å². The molecule has 1 aliphatic rings.